The van der Waals surface area contributed by atoms with Crippen LogP contribution in [-0.2, 0) is 5.60 Å². The van der Waals surface area contributed by atoms with Crippen molar-refractivity contribution >= 4 is 11.6 Å². The molecule has 0 spiro atoms. The Morgan fingerprint density at radius 1 is 1.19 bits per heavy atom. The first-order chi connectivity index (χ1) is 12.4. The molecule has 8 heteroatoms. The van der Waals surface area contributed by atoms with Gasteiger partial charge in [-0.25, -0.2) is 8.78 Å². The molecule has 1 aromatic carbocycles. The number of ether oxygens (including phenoxy) is 1. The van der Waals surface area contributed by atoms with Crippen LogP contribution in [0.25, 0.3) is 11.4 Å². The van der Waals surface area contributed by atoms with Crippen molar-refractivity contribution in [1.82, 2.24) is 19.7 Å². The van der Waals surface area contributed by atoms with Crippen molar-refractivity contribution in [3.8, 4) is 17.1 Å². The number of aromatic nitrogens is 4. The van der Waals surface area contributed by atoms with Crippen molar-refractivity contribution in [2.24, 2.45) is 0 Å². The minimum absolute atomic E-state index is 0.00779. The zero-order valence-electron chi connectivity index (χ0n) is 14.1. The van der Waals surface area contributed by atoms with Crippen LogP contribution in [0.1, 0.15) is 32.1 Å². The molecule has 3 aromatic rings. The smallest absolute Gasteiger partial charge is 0.192 e. The molecule has 0 fully saturated rings. The Morgan fingerprint density at radius 2 is 1.85 bits per heavy atom. The Morgan fingerprint density at radius 3 is 2.50 bits per heavy atom. The molecule has 5 nitrogen and oxygen atoms in total. The van der Waals surface area contributed by atoms with Crippen LogP contribution in [0.4, 0.5) is 8.78 Å². The average Bonchev–Trinajstić information content (AvgIpc) is 3.13. The number of benzene rings is 1. The minimum Gasteiger partial charge on any atom is -0.473 e. The molecule has 4 rings (SSSR count). The van der Waals surface area contributed by atoms with E-state index in [2.05, 4.69) is 15.2 Å². The first-order valence-electron chi connectivity index (χ1n) is 8.08. The van der Waals surface area contributed by atoms with Crippen molar-refractivity contribution in [2.45, 2.75) is 31.9 Å². The summed E-state index contributed by atoms with van der Waals surface area (Å²) < 4.78 is 36.1. The minimum atomic E-state index is -1.02. The van der Waals surface area contributed by atoms with Gasteiger partial charge >= 0.3 is 0 Å². The molecule has 2 unspecified atom stereocenters. The highest BCUT2D eigenvalue weighted by molar-refractivity contribution is 6.30. The van der Waals surface area contributed by atoms with Gasteiger partial charge in [0.05, 0.1) is 0 Å². The van der Waals surface area contributed by atoms with E-state index in [1.54, 1.807) is 19.3 Å². The average molecular weight is 377 g/mol. The molecule has 26 heavy (non-hydrogen) atoms. The van der Waals surface area contributed by atoms with Crippen LogP contribution in [0.5, 0.6) is 5.75 Å². The second kappa shape index (κ2) is 6.02. The summed E-state index contributed by atoms with van der Waals surface area (Å²) in [7, 11) is 0. The van der Waals surface area contributed by atoms with Crippen LogP contribution in [0.3, 0.4) is 0 Å². The standard InChI is InChI=1S/C18H15ClF2N4O/c1-10-9-18(2,26-15-13(20)7-12(19)8-14(15)21)17-24-23-16(25(10)17)11-3-5-22-6-4-11/h3-8,10H,9H2,1-2H3. The van der Waals surface area contributed by atoms with Gasteiger partial charge < -0.3 is 9.30 Å². The van der Waals surface area contributed by atoms with Gasteiger partial charge in [0.2, 0.25) is 0 Å². The van der Waals surface area contributed by atoms with Gasteiger partial charge in [-0.2, -0.15) is 0 Å². The van der Waals surface area contributed by atoms with E-state index in [1.807, 2.05) is 23.6 Å². The third-order valence-corrected chi connectivity index (χ3v) is 4.74. The maximum atomic E-state index is 14.2. The normalized spacial score (nSPS) is 21.7. The zero-order valence-corrected chi connectivity index (χ0v) is 14.8. The van der Waals surface area contributed by atoms with Crippen LogP contribution in [0.15, 0.2) is 36.7 Å². The Bertz CT molecular complexity index is 956. The molecule has 134 valence electrons. The molecule has 0 saturated heterocycles. The molecule has 1 aliphatic rings. The second-order valence-corrected chi connectivity index (χ2v) is 6.97. The topological polar surface area (TPSA) is 52.8 Å². The van der Waals surface area contributed by atoms with E-state index in [9.17, 15) is 8.78 Å². The van der Waals surface area contributed by atoms with Crippen molar-refractivity contribution < 1.29 is 13.5 Å². The molecule has 0 bridgehead atoms. The summed E-state index contributed by atoms with van der Waals surface area (Å²) in [6.45, 7) is 3.74. The summed E-state index contributed by atoms with van der Waals surface area (Å²) in [5.74, 6) is -0.983. The van der Waals surface area contributed by atoms with Crippen molar-refractivity contribution in [2.75, 3.05) is 0 Å². The fraction of sp³-hybridized carbons (Fsp3) is 0.278. The van der Waals surface area contributed by atoms with Gasteiger partial charge in [-0.3, -0.25) is 4.98 Å². The lowest BCUT2D eigenvalue weighted by Crippen LogP contribution is -2.28. The van der Waals surface area contributed by atoms with Gasteiger partial charge in [-0.05, 0) is 38.1 Å². The zero-order chi connectivity index (χ0) is 18.5. The largest absolute Gasteiger partial charge is 0.473 e. The number of pyridine rings is 1. The lowest BCUT2D eigenvalue weighted by molar-refractivity contribution is 0.0692. The van der Waals surface area contributed by atoms with Crippen LogP contribution >= 0.6 is 11.6 Å². The third kappa shape index (κ3) is 2.63. The lowest BCUT2D eigenvalue weighted by Gasteiger charge is -2.25. The number of hydrogen-bond donors (Lipinski definition) is 0. The van der Waals surface area contributed by atoms with Crippen LogP contribution in [-0.4, -0.2) is 19.7 Å². The molecule has 2 aromatic heterocycles. The van der Waals surface area contributed by atoms with Gasteiger partial charge in [0.15, 0.2) is 34.6 Å². The number of nitrogens with zero attached hydrogens (tertiary/aromatic N) is 4. The lowest BCUT2D eigenvalue weighted by atomic mass is 10.0. The SMILES string of the molecule is CC1CC(C)(Oc2c(F)cc(Cl)cc2F)c2nnc(-c3ccncc3)n21. The highest BCUT2D eigenvalue weighted by Gasteiger charge is 2.45. The summed E-state index contributed by atoms with van der Waals surface area (Å²) in [4.78, 5) is 4.00. The van der Waals surface area contributed by atoms with Gasteiger partial charge in [0.25, 0.3) is 0 Å². The van der Waals surface area contributed by atoms with Crippen LogP contribution in [0.2, 0.25) is 5.02 Å². The fourth-order valence-corrected chi connectivity index (χ4v) is 3.64. The third-order valence-electron chi connectivity index (χ3n) is 4.52. The molecule has 0 saturated carbocycles. The summed E-state index contributed by atoms with van der Waals surface area (Å²) in [6, 6.07) is 5.70. The molecule has 1 aliphatic heterocycles. The van der Waals surface area contributed by atoms with E-state index in [4.69, 9.17) is 16.3 Å². The number of fused-ring (bicyclic) bond motifs is 1. The van der Waals surface area contributed by atoms with E-state index < -0.39 is 23.0 Å². The predicted molar refractivity (Wildman–Crippen MR) is 91.9 cm³/mol. The van der Waals surface area contributed by atoms with Gasteiger partial charge in [0, 0.05) is 35.4 Å². The van der Waals surface area contributed by atoms with E-state index >= 15 is 0 Å². The maximum absolute atomic E-state index is 14.2. The molecule has 3 heterocycles. The van der Waals surface area contributed by atoms with E-state index in [0.29, 0.717) is 18.1 Å². The molecular formula is C18H15ClF2N4O. The number of hydrogen-bond acceptors (Lipinski definition) is 4. The molecular weight excluding hydrogens is 362 g/mol. The second-order valence-electron chi connectivity index (χ2n) is 6.54. The van der Waals surface area contributed by atoms with Crippen LogP contribution in [0, 0.1) is 11.6 Å². The van der Waals surface area contributed by atoms with E-state index in [-0.39, 0.29) is 11.1 Å². The Labute approximate surface area is 153 Å². The highest BCUT2D eigenvalue weighted by Crippen LogP contribution is 2.44. The molecule has 0 aliphatic carbocycles. The summed E-state index contributed by atoms with van der Waals surface area (Å²) >= 11 is 5.68. The molecule has 0 amide bonds. The van der Waals surface area contributed by atoms with Gasteiger partial charge in [-0.15, -0.1) is 10.2 Å². The molecule has 0 radical (unpaired) electrons. The monoisotopic (exact) mass is 376 g/mol. The van der Waals surface area contributed by atoms with Crippen molar-refractivity contribution in [3.63, 3.8) is 0 Å². The first-order valence-corrected chi connectivity index (χ1v) is 8.46. The highest BCUT2D eigenvalue weighted by atomic mass is 35.5. The van der Waals surface area contributed by atoms with Crippen LogP contribution < -0.4 is 4.74 Å². The molecule has 2 atom stereocenters. The van der Waals surface area contributed by atoms with Crippen molar-refractivity contribution in [1.29, 1.82) is 0 Å². The summed E-state index contributed by atoms with van der Waals surface area (Å²) in [6.07, 6.45) is 3.84. The predicted octanol–water partition coefficient (Wildman–Crippen LogP) is 4.53. The van der Waals surface area contributed by atoms with E-state index in [1.165, 1.54) is 0 Å². The quantitative estimate of drug-likeness (QED) is 0.674. The summed E-state index contributed by atoms with van der Waals surface area (Å²) in [5, 5.41) is 8.47. The number of halogens is 3. The van der Waals surface area contributed by atoms with Gasteiger partial charge in [-0.1, -0.05) is 11.6 Å². The maximum Gasteiger partial charge on any atom is 0.192 e. The van der Waals surface area contributed by atoms with E-state index in [0.717, 1.165) is 17.7 Å². The Hall–Kier alpha value is -2.54. The van der Waals surface area contributed by atoms with Gasteiger partial charge in [0.1, 0.15) is 0 Å². The summed E-state index contributed by atoms with van der Waals surface area (Å²) in [5.41, 5.74) is -0.161. The Kier molecular flexibility index (Phi) is 3.91. The molecule has 0 N–H and O–H groups in total. The Balaban J connectivity index is 1.77. The first kappa shape index (κ1) is 16.9. The number of rotatable bonds is 3. The van der Waals surface area contributed by atoms with Crippen molar-refractivity contribution in [3.05, 3.63) is 59.1 Å². The fourth-order valence-electron chi connectivity index (χ4n) is 3.45.